The zero-order valence-electron chi connectivity index (χ0n) is 10.8. The normalized spacial score (nSPS) is 12.8. The Labute approximate surface area is 128 Å². The van der Waals surface area contributed by atoms with Crippen LogP contribution in [-0.2, 0) is 9.53 Å². The predicted molar refractivity (Wildman–Crippen MR) is 79.2 cm³/mol. The average Bonchev–Trinajstić information content (AvgIpc) is 2.60. The summed E-state index contributed by atoms with van der Waals surface area (Å²) in [5.41, 5.74) is -0.630. The average molecular weight is 398 g/mol. The number of carboxylic acid groups (broad SMARTS) is 1. The summed E-state index contributed by atoms with van der Waals surface area (Å²) in [7, 11) is 0. The number of carbonyl (C=O) groups excluding carboxylic acids is 1. The Hall–Kier alpha value is -0.900. The summed E-state index contributed by atoms with van der Waals surface area (Å²) in [6.45, 7) is 5.22. The molecule has 0 saturated carbocycles. The lowest BCUT2D eigenvalue weighted by Crippen LogP contribution is -2.35. The summed E-state index contributed by atoms with van der Waals surface area (Å²) in [5, 5.41) is 12.0. The van der Waals surface area contributed by atoms with Crippen LogP contribution < -0.4 is 5.32 Å². The van der Waals surface area contributed by atoms with Crippen LogP contribution in [0, 0.1) is 2.88 Å². The van der Waals surface area contributed by atoms with Gasteiger partial charge in [0, 0.05) is 0 Å². The van der Waals surface area contributed by atoms with Crippen LogP contribution in [-0.4, -0.2) is 27.8 Å². The van der Waals surface area contributed by atoms with Crippen molar-refractivity contribution in [1.29, 1.82) is 0 Å². The minimum atomic E-state index is -1.01. The van der Waals surface area contributed by atoms with Crippen molar-refractivity contribution in [1.82, 2.24) is 10.3 Å². The topological polar surface area (TPSA) is 88.5 Å². The van der Waals surface area contributed by atoms with Gasteiger partial charge < -0.3 is 15.2 Å². The highest BCUT2D eigenvalue weighted by molar-refractivity contribution is 14.1. The van der Waals surface area contributed by atoms with Crippen LogP contribution in [0.4, 0.5) is 4.79 Å². The minimum Gasteiger partial charge on any atom is -0.481 e. The number of thiazole rings is 1. The molecule has 19 heavy (non-hydrogen) atoms. The zero-order valence-corrected chi connectivity index (χ0v) is 13.7. The van der Waals surface area contributed by atoms with E-state index in [1.807, 2.05) is 0 Å². The van der Waals surface area contributed by atoms with Gasteiger partial charge in [0.25, 0.3) is 0 Å². The number of aromatic nitrogens is 1. The Bertz CT molecular complexity index is 470. The van der Waals surface area contributed by atoms with Gasteiger partial charge in [0.1, 0.15) is 10.6 Å². The number of aliphatic carboxylic acids is 1. The van der Waals surface area contributed by atoms with E-state index in [0.29, 0.717) is 5.01 Å². The molecule has 1 heterocycles. The third-order valence-corrected chi connectivity index (χ3v) is 3.70. The van der Waals surface area contributed by atoms with E-state index in [-0.39, 0.29) is 6.42 Å². The molecule has 0 aromatic carbocycles. The Morgan fingerprint density at radius 1 is 1.58 bits per heavy atom. The van der Waals surface area contributed by atoms with E-state index < -0.39 is 23.7 Å². The maximum absolute atomic E-state index is 11.7. The van der Waals surface area contributed by atoms with Gasteiger partial charge in [0.2, 0.25) is 0 Å². The number of hydrogen-bond acceptors (Lipinski definition) is 5. The fourth-order valence-electron chi connectivity index (χ4n) is 1.25. The quantitative estimate of drug-likeness (QED) is 0.762. The summed E-state index contributed by atoms with van der Waals surface area (Å²) in [4.78, 5) is 26.6. The minimum absolute atomic E-state index is 0.233. The largest absolute Gasteiger partial charge is 0.481 e. The van der Waals surface area contributed by atoms with E-state index in [1.54, 1.807) is 27.0 Å². The van der Waals surface area contributed by atoms with Gasteiger partial charge >= 0.3 is 12.1 Å². The van der Waals surface area contributed by atoms with Crippen LogP contribution in [0.3, 0.4) is 0 Å². The first-order valence-corrected chi connectivity index (χ1v) is 7.39. The second-order valence-electron chi connectivity index (χ2n) is 4.80. The molecule has 1 aromatic rings. The van der Waals surface area contributed by atoms with Crippen molar-refractivity contribution >= 4 is 46.0 Å². The van der Waals surface area contributed by atoms with Gasteiger partial charge in [-0.05, 0) is 43.4 Å². The van der Waals surface area contributed by atoms with E-state index in [4.69, 9.17) is 9.84 Å². The third kappa shape index (κ3) is 6.19. The fraction of sp³-hybridized carbons (Fsp3) is 0.545. The van der Waals surface area contributed by atoms with E-state index in [2.05, 4.69) is 32.9 Å². The number of nitrogens with one attached hydrogen (secondary N) is 1. The molecule has 1 atom stereocenters. The lowest BCUT2D eigenvalue weighted by Gasteiger charge is -2.22. The second-order valence-corrected chi connectivity index (χ2v) is 7.76. The highest BCUT2D eigenvalue weighted by Crippen LogP contribution is 2.24. The summed E-state index contributed by atoms with van der Waals surface area (Å²) >= 11 is 3.43. The van der Waals surface area contributed by atoms with Crippen molar-refractivity contribution in [3.05, 3.63) is 14.1 Å². The van der Waals surface area contributed by atoms with Gasteiger partial charge in [-0.1, -0.05) is 0 Å². The van der Waals surface area contributed by atoms with Crippen molar-refractivity contribution in [2.24, 2.45) is 0 Å². The number of hydrogen-bond donors (Lipinski definition) is 2. The predicted octanol–water partition coefficient (Wildman–Crippen LogP) is 2.79. The summed E-state index contributed by atoms with van der Waals surface area (Å²) in [6.07, 6.45) is 0.749. The Kier molecular flexibility index (Phi) is 5.53. The molecule has 0 fully saturated rings. The molecule has 0 aliphatic rings. The van der Waals surface area contributed by atoms with Gasteiger partial charge in [-0.2, -0.15) is 0 Å². The van der Waals surface area contributed by atoms with Crippen molar-refractivity contribution in [3.8, 4) is 0 Å². The first-order valence-electron chi connectivity index (χ1n) is 5.50. The molecular formula is C11H15IN2O4S. The van der Waals surface area contributed by atoms with E-state index in [1.165, 1.54) is 11.3 Å². The monoisotopic (exact) mass is 398 g/mol. The SMILES string of the molecule is CC(C)(C)OC(=O)NC(CC(=O)O)c1ncc(I)s1. The maximum Gasteiger partial charge on any atom is 0.408 e. The molecule has 1 aromatic heterocycles. The van der Waals surface area contributed by atoms with E-state index in [0.717, 1.165) is 2.88 Å². The van der Waals surface area contributed by atoms with Gasteiger partial charge in [-0.25, -0.2) is 9.78 Å². The molecule has 8 heteroatoms. The first kappa shape index (κ1) is 16.2. The first-order chi connectivity index (χ1) is 8.67. The van der Waals surface area contributed by atoms with Crippen molar-refractivity contribution in [2.75, 3.05) is 0 Å². The zero-order chi connectivity index (χ0) is 14.6. The van der Waals surface area contributed by atoms with Crippen LogP contribution in [0.2, 0.25) is 0 Å². The number of carboxylic acids is 1. The van der Waals surface area contributed by atoms with Crippen LogP contribution >= 0.6 is 33.9 Å². The van der Waals surface area contributed by atoms with Gasteiger partial charge in [-0.15, -0.1) is 11.3 Å². The second kappa shape index (κ2) is 6.51. The van der Waals surface area contributed by atoms with Crippen molar-refractivity contribution in [2.45, 2.75) is 38.8 Å². The van der Waals surface area contributed by atoms with Gasteiger partial charge in [-0.3, -0.25) is 4.79 Å². The van der Waals surface area contributed by atoms with Crippen LogP contribution in [0.5, 0.6) is 0 Å². The Morgan fingerprint density at radius 2 is 2.21 bits per heavy atom. The summed E-state index contributed by atoms with van der Waals surface area (Å²) in [6, 6.07) is -0.680. The molecule has 1 rings (SSSR count). The number of alkyl carbamates (subject to hydrolysis) is 1. The number of halogens is 1. The molecule has 0 saturated heterocycles. The molecule has 0 bridgehead atoms. The van der Waals surface area contributed by atoms with Gasteiger partial charge in [0.15, 0.2) is 0 Å². The summed E-state index contributed by atoms with van der Waals surface area (Å²) in [5.74, 6) is -1.01. The number of nitrogens with zero attached hydrogens (tertiary/aromatic N) is 1. The third-order valence-electron chi connectivity index (χ3n) is 1.86. The lowest BCUT2D eigenvalue weighted by molar-refractivity contribution is -0.137. The molecule has 2 N–H and O–H groups in total. The van der Waals surface area contributed by atoms with Crippen molar-refractivity contribution in [3.63, 3.8) is 0 Å². The smallest absolute Gasteiger partial charge is 0.408 e. The van der Waals surface area contributed by atoms with E-state index in [9.17, 15) is 9.59 Å². The highest BCUT2D eigenvalue weighted by atomic mass is 127. The number of rotatable bonds is 4. The maximum atomic E-state index is 11.7. The standard InChI is InChI=1S/C11H15IN2O4S/c1-11(2,3)18-10(17)14-6(4-8(15)16)9-13-5-7(12)19-9/h5-6H,4H2,1-3H3,(H,14,17)(H,15,16). The molecule has 106 valence electrons. The number of carbonyl (C=O) groups is 2. The molecule has 0 aliphatic carbocycles. The lowest BCUT2D eigenvalue weighted by atomic mass is 10.2. The summed E-state index contributed by atoms with van der Waals surface area (Å²) < 4.78 is 6.04. The molecule has 0 spiro atoms. The fourth-order valence-corrected chi connectivity index (χ4v) is 2.76. The Balaban J connectivity index is 2.76. The molecule has 0 radical (unpaired) electrons. The number of amides is 1. The van der Waals surface area contributed by atoms with Crippen LogP contribution in [0.1, 0.15) is 38.2 Å². The van der Waals surface area contributed by atoms with E-state index >= 15 is 0 Å². The molecule has 1 unspecified atom stereocenters. The highest BCUT2D eigenvalue weighted by Gasteiger charge is 2.24. The van der Waals surface area contributed by atoms with Crippen molar-refractivity contribution < 1.29 is 19.4 Å². The Morgan fingerprint density at radius 3 is 2.63 bits per heavy atom. The molecule has 6 nitrogen and oxygen atoms in total. The van der Waals surface area contributed by atoms with Crippen LogP contribution in [0.15, 0.2) is 6.20 Å². The number of ether oxygens (including phenoxy) is 1. The molecule has 0 aliphatic heterocycles. The molecular weight excluding hydrogens is 383 g/mol. The van der Waals surface area contributed by atoms with Gasteiger partial charge in [0.05, 0.1) is 21.5 Å². The van der Waals surface area contributed by atoms with Crippen LogP contribution in [0.25, 0.3) is 0 Å². The molecule has 1 amide bonds.